The molecule has 134 valence electrons. The first-order chi connectivity index (χ1) is 11.3. The maximum Gasteiger partial charge on any atom is 0.238 e. The Kier molecular flexibility index (Phi) is 6.23. The molecule has 0 bridgehead atoms. The van der Waals surface area contributed by atoms with Crippen molar-refractivity contribution in [1.82, 2.24) is 10.2 Å². The third-order valence-corrected chi connectivity index (χ3v) is 5.92. The topological polar surface area (TPSA) is 69.7 Å². The molecule has 7 heteroatoms. The molecule has 1 N–H and O–H groups in total. The first-order valence-corrected chi connectivity index (χ1v) is 10.2. The number of anilines is 1. The molecule has 1 aliphatic rings. The normalized spacial score (nSPS) is 18.9. The summed E-state index contributed by atoms with van der Waals surface area (Å²) >= 11 is 0. The van der Waals surface area contributed by atoms with Gasteiger partial charge in [0.25, 0.3) is 0 Å². The second kappa shape index (κ2) is 7.98. The van der Waals surface area contributed by atoms with E-state index in [1.54, 1.807) is 0 Å². The van der Waals surface area contributed by atoms with Gasteiger partial charge in [0.05, 0.1) is 0 Å². The van der Waals surface area contributed by atoms with Crippen LogP contribution >= 0.6 is 0 Å². The van der Waals surface area contributed by atoms with Crippen molar-refractivity contribution in [2.24, 2.45) is 0 Å². The van der Waals surface area contributed by atoms with E-state index >= 15 is 0 Å². The van der Waals surface area contributed by atoms with Crippen molar-refractivity contribution in [3.8, 4) is 0 Å². The second-order valence-corrected chi connectivity index (χ2v) is 8.87. The monoisotopic (exact) mass is 353 g/mol. The minimum Gasteiger partial charge on any atom is -0.369 e. The number of nitrogens with zero attached hydrogens (tertiary/aromatic N) is 2. The Morgan fingerprint density at radius 3 is 2.25 bits per heavy atom. The zero-order valence-corrected chi connectivity index (χ0v) is 15.4. The summed E-state index contributed by atoms with van der Waals surface area (Å²) in [7, 11) is -3.35. The van der Waals surface area contributed by atoms with Gasteiger partial charge in [0.2, 0.25) is 5.91 Å². The summed E-state index contributed by atoms with van der Waals surface area (Å²) in [5.41, 5.74) is 1.24. The Labute approximate surface area is 144 Å². The number of amides is 1. The number of para-hydroxylation sites is 1. The molecule has 1 saturated heterocycles. The number of piperazine rings is 1. The zero-order valence-electron chi connectivity index (χ0n) is 14.6. The molecule has 1 aromatic rings. The van der Waals surface area contributed by atoms with Crippen molar-refractivity contribution in [2.45, 2.75) is 25.1 Å². The van der Waals surface area contributed by atoms with Gasteiger partial charge in [-0.1, -0.05) is 18.2 Å². The predicted molar refractivity (Wildman–Crippen MR) is 97.0 cm³/mol. The van der Waals surface area contributed by atoms with Gasteiger partial charge < -0.3 is 10.2 Å². The van der Waals surface area contributed by atoms with Crippen molar-refractivity contribution in [1.29, 1.82) is 0 Å². The minimum absolute atomic E-state index is 0.0787. The number of rotatable bonds is 6. The predicted octanol–water partition coefficient (Wildman–Crippen LogP) is 0.746. The van der Waals surface area contributed by atoms with Crippen molar-refractivity contribution in [2.75, 3.05) is 43.9 Å². The van der Waals surface area contributed by atoms with E-state index in [4.69, 9.17) is 0 Å². The summed E-state index contributed by atoms with van der Waals surface area (Å²) < 4.78 is 22.9. The van der Waals surface area contributed by atoms with Crippen LogP contribution in [-0.2, 0) is 14.6 Å². The summed E-state index contributed by atoms with van der Waals surface area (Å²) in [5, 5.41) is 1.80. The van der Waals surface area contributed by atoms with E-state index in [1.165, 1.54) is 12.6 Å². The van der Waals surface area contributed by atoms with Gasteiger partial charge in [0, 0.05) is 50.7 Å². The summed E-state index contributed by atoms with van der Waals surface area (Å²) in [5.74, 6) is -0.423. The molecule has 0 spiro atoms. The highest BCUT2D eigenvalue weighted by Crippen LogP contribution is 2.15. The van der Waals surface area contributed by atoms with Crippen LogP contribution in [0.5, 0.6) is 0 Å². The van der Waals surface area contributed by atoms with Crippen LogP contribution in [0.15, 0.2) is 30.3 Å². The van der Waals surface area contributed by atoms with Crippen molar-refractivity contribution in [3.63, 3.8) is 0 Å². The van der Waals surface area contributed by atoms with Crippen molar-refractivity contribution in [3.05, 3.63) is 30.3 Å². The number of sulfone groups is 1. The molecule has 1 fully saturated rings. The first kappa shape index (κ1) is 18.7. The first-order valence-electron chi connectivity index (χ1n) is 8.29. The Balaban J connectivity index is 1.78. The smallest absolute Gasteiger partial charge is 0.238 e. The largest absolute Gasteiger partial charge is 0.369 e. The second-order valence-electron chi connectivity index (χ2n) is 6.50. The lowest BCUT2D eigenvalue weighted by Gasteiger charge is -2.37. The van der Waals surface area contributed by atoms with E-state index in [0.717, 1.165) is 39.0 Å². The van der Waals surface area contributed by atoms with Crippen LogP contribution in [0.2, 0.25) is 0 Å². The fourth-order valence-corrected chi connectivity index (χ4v) is 3.27. The standard InChI is InChI=1S/C17H27N3O3S/c1-14(18-17(21)15(2)24(3,22)23)13-19-9-11-20(12-10-19)16-7-5-4-6-8-16/h4-8,14-15H,9-13H2,1-3H3,(H,18,21)/t14-,15-/m1/s1. The van der Waals surface area contributed by atoms with Gasteiger partial charge in [-0.3, -0.25) is 9.69 Å². The van der Waals surface area contributed by atoms with Crippen molar-refractivity contribution < 1.29 is 13.2 Å². The minimum atomic E-state index is -3.35. The average Bonchev–Trinajstić information content (AvgIpc) is 2.54. The Bertz CT molecular complexity index is 640. The fraction of sp³-hybridized carbons (Fsp3) is 0.588. The van der Waals surface area contributed by atoms with Gasteiger partial charge in [0.15, 0.2) is 9.84 Å². The molecule has 0 saturated carbocycles. The van der Waals surface area contributed by atoms with Crippen molar-refractivity contribution >= 4 is 21.4 Å². The highest BCUT2D eigenvalue weighted by atomic mass is 32.2. The molecule has 0 unspecified atom stereocenters. The molecule has 1 aliphatic heterocycles. The fourth-order valence-electron chi connectivity index (χ4n) is 2.82. The summed E-state index contributed by atoms with van der Waals surface area (Å²) in [4.78, 5) is 16.6. The molecule has 1 aromatic carbocycles. The van der Waals surface area contributed by atoms with Gasteiger partial charge in [-0.05, 0) is 26.0 Å². The Morgan fingerprint density at radius 2 is 1.71 bits per heavy atom. The molecule has 24 heavy (non-hydrogen) atoms. The van der Waals surface area contributed by atoms with Gasteiger partial charge in [-0.2, -0.15) is 0 Å². The molecule has 1 heterocycles. The SMILES string of the molecule is C[C@H](CN1CCN(c2ccccc2)CC1)NC(=O)[C@@H](C)S(C)(=O)=O. The maximum atomic E-state index is 12.0. The molecule has 6 nitrogen and oxygen atoms in total. The van der Waals surface area contributed by atoms with Crippen LogP contribution in [0.25, 0.3) is 0 Å². The average molecular weight is 353 g/mol. The van der Waals surface area contributed by atoms with Crippen LogP contribution in [0.1, 0.15) is 13.8 Å². The number of hydrogen-bond donors (Lipinski definition) is 1. The lowest BCUT2D eigenvalue weighted by Crippen LogP contribution is -2.52. The van der Waals surface area contributed by atoms with Crippen LogP contribution in [0.3, 0.4) is 0 Å². The number of nitrogens with one attached hydrogen (secondary N) is 1. The summed E-state index contributed by atoms with van der Waals surface area (Å²) in [6.07, 6.45) is 1.09. The van der Waals surface area contributed by atoms with E-state index in [-0.39, 0.29) is 6.04 Å². The highest BCUT2D eigenvalue weighted by molar-refractivity contribution is 7.92. The molecule has 2 rings (SSSR count). The maximum absolute atomic E-state index is 12.0. The van der Waals surface area contributed by atoms with Crippen LogP contribution in [0, 0.1) is 0 Å². The van der Waals surface area contributed by atoms with Gasteiger partial charge >= 0.3 is 0 Å². The lowest BCUT2D eigenvalue weighted by molar-refractivity contribution is -0.121. The summed E-state index contributed by atoms with van der Waals surface area (Å²) in [6, 6.07) is 10.3. The number of carbonyl (C=O) groups excluding carboxylic acids is 1. The van der Waals surface area contributed by atoms with Crippen LogP contribution in [0.4, 0.5) is 5.69 Å². The van der Waals surface area contributed by atoms with Crippen LogP contribution in [-0.4, -0.2) is 69.5 Å². The number of hydrogen-bond acceptors (Lipinski definition) is 5. The third kappa shape index (κ3) is 5.21. The molecular formula is C17H27N3O3S. The molecule has 0 aromatic heterocycles. The van der Waals surface area contributed by atoms with E-state index in [0.29, 0.717) is 0 Å². The zero-order chi connectivity index (χ0) is 17.7. The third-order valence-electron chi connectivity index (χ3n) is 4.43. The van der Waals surface area contributed by atoms with E-state index in [9.17, 15) is 13.2 Å². The molecule has 1 amide bonds. The molecule has 0 radical (unpaired) electrons. The molecule has 2 atom stereocenters. The summed E-state index contributed by atoms with van der Waals surface area (Å²) in [6.45, 7) is 7.82. The molecular weight excluding hydrogens is 326 g/mol. The van der Waals surface area contributed by atoms with E-state index in [1.807, 2.05) is 25.1 Å². The highest BCUT2D eigenvalue weighted by Gasteiger charge is 2.25. The van der Waals surface area contributed by atoms with Gasteiger partial charge in [-0.15, -0.1) is 0 Å². The quantitative estimate of drug-likeness (QED) is 0.817. The van der Waals surface area contributed by atoms with Gasteiger partial charge in [-0.25, -0.2) is 8.42 Å². The number of benzene rings is 1. The van der Waals surface area contributed by atoms with E-state index < -0.39 is 21.0 Å². The van der Waals surface area contributed by atoms with E-state index in [2.05, 4.69) is 27.2 Å². The van der Waals surface area contributed by atoms with Crippen LogP contribution < -0.4 is 10.2 Å². The molecule has 0 aliphatic carbocycles. The number of carbonyl (C=O) groups is 1. The van der Waals surface area contributed by atoms with Gasteiger partial charge in [0.1, 0.15) is 5.25 Å². The lowest BCUT2D eigenvalue weighted by atomic mass is 10.2. The Morgan fingerprint density at radius 1 is 1.12 bits per heavy atom. The Hall–Kier alpha value is -1.60.